The third-order valence-electron chi connectivity index (χ3n) is 3.10. The van der Waals surface area contributed by atoms with Gasteiger partial charge in [0.2, 0.25) is 5.88 Å². The Labute approximate surface area is 164 Å². The van der Waals surface area contributed by atoms with Crippen molar-refractivity contribution in [3.8, 4) is 5.88 Å². The van der Waals surface area contributed by atoms with Gasteiger partial charge in [-0.2, -0.15) is 0 Å². The molecule has 0 spiro atoms. The molecule has 2 rings (SSSR count). The summed E-state index contributed by atoms with van der Waals surface area (Å²) in [5.74, 6) is 1.40. The minimum atomic E-state index is 0. The number of methoxy groups -OCH3 is 1. The van der Waals surface area contributed by atoms with Gasteiger partial charge in [-0.1, -0.05) is 6.07 Å². The average Bonchev–Trinajstić information content (AvgIpc) is 2.98. The highest BCUT2D eigenvalue weighted by Gasteiger charge is 2.04. The molecule has 0 saturated heterocycles. The number of hydrogen-bond acceptors (Lipinski definition) is 5. The molecule has 2 heterocycles. The van der Waals surface area contributed by atoms with Crippen LogP contribution in [-0.4, -0.2) is 36.1 Å². The van der Waals surface area contributed by atoms with Crippen molar-refractivity contribution in [3.63, 3.8) is 0 Å². The standard InChI is InChI=1S/C16H23N5OS.HI/c1-4-17-16(19-9-7-14-20-10-12(2)23-14)21-11-13-6-5-8-18-15(13)22-3;/h5-6,8,10H,4,7,9,11H2,1-3H3,(H2,17,19,21);1H. The lowest BCUT2D eigenvalue weighted by molar-refractivity contribution is 0.392. The highest BCUT2D eigenvalue weighted by molar-refractivity contribution is 14.0. The highest BCUT2D eigenvalue weighted by Crippen LogP contribution is 2.14. The highest BCUT2D eigenvalue weighted by atomic mass is 127. The van der Waals surface area contributed by atoms with Gasteiger partial charge in [0, 0.05) is 42.3 Å². The van der Waals surface area contributed by atoms with Crippen LogP contribution in [0.3, 0.4) is 0 Å². The Kier molecular flexibility index (Phi) is 9.62. The molecule has 0 aliphatic carbocycles. The summed E-state index contributed by atoms with van der Waals surface area (Å²) in [6, 6.07) is 3.86. The summed E-state index contributed by atoms with van der Waals surface area (Å²) in [7, 11) is 1.62. The zero-order chi connectivity index (χ0) is 16.5. The second-order valence-corrected chi connectivity index (χ2v) is 6.23. The van der Waals surface area contributed by atoms with Crippen molar-refractivity contribution in [2.45, 2.75) is 26.8 Å². The molecule has 8 heteroatoms. The number of hydrogen-bond donors (Lipinski definition) is 2. The van der Waals surface area contributed by atoms with Crippen molar-refractivity contribution in [2.24, 2.45) is 4.99 Å². The van der Waals surface area contributed by atoms with E-state index in [-0.39, 0.29) is 24.0 Å². The predicted octanol–water partition coefficient (Wildman–Crippen LogP) is 2.77. The van der Waals surface area contributed by atoms with Crippen LogP contribution in [0.4, 0.5) is 0 Å². The van der Waals surface area contributed by atoms with Crippen LogP contribution in [0.1, 0.15) is 22.4 Å². The van der Waals surface area contributed by atoms with Crippen LogP contribution < -0.4 is 15.4 Å². The molecule has 0 bridgehead atoms. The summed E-state index contributed by atoms with van der Waals surface area (Å²) >= 11 is 1.73. The van der Waals surface area contributed by atoms with Gasteiger partial charge in [0.05, 0.1) is 18.7 Å². The molecule has 0 aliphatic rings. The molecule has 0 amide bonds. The Morgan fingerprint density at radius 1 is 1.33 bits per heavy atom. The Morgan fingerprint density at radius 2 is 2.17 bits per heavy atom. The number of thiazole rings is 1. The van der Waals surface area contributed by atoms with Crippen molar-refractivity contribution in [1.82, 2.24) is 20.6 Å². The van der Waals surface area contributed by atoms with Gasteiger partial charge in [0.25, 0.3) is 0 Å². The van der Waals surface area contributed by atoms with Gasteiger partial charge >= 0.3 is 0 Å². The fraction of sp³-hybridized carbons (Fsp3) is 0.438. The molecule has 0 fully saturated rings. The summed E-state index contributed by atoms with van der Waals surface area (Å²) in [6.07, 6.45) is 4.51. The number of guanidine groups is 1. The number of aliphatic imine (C=N–C) groups is 1. The van der Waals surface area contributed by atoms with Crippen LogP contribution in [0.2, 0.25) is 0 Å². The topological polar surface area (TPSA) is 71.4 Å². The molecule has 132 valence electrons. The maximum atomic E-state index is 5.25. The maximum absolute atomic E-state index is 5.25. The van der Waals surface area contributed by atoms with Gasteiger partial charge in [0.15, 0.2) is 5.96 Å². The number of rotatable bonds is 7. The normalized spacial score (nSPS) is 10.9. The Bertz CT molecular complexity index is 647. The van der Waals surface area contributed by atoms with E-state index in [1.807, 2.05) is 25.3 Å². The SMILES string of the molecule is CCNC(=NCc1cccnc1OC)NCCc1ncc(C)s1.I. The van der Waals surface area contributed by atoms with Crippen molar-refractivity contribution in [3.05, 3.63) is 40.0 Å². The minimum absolute atomic E-state index is 0. The van der Waals surface area contributed by atoms with Crippen molar-refractivity contribution in [1.29, 1.82) is 0 Å². The van der Waals surface area contributed by atoms with Crippen LogP contribution in [-0.2, 0) is 13.0 Å². The van der Waals surface area contributed by atoms with E-state index in [1.54, 1.807) is 24.6 Å². The quantitative estimate of drug-likeness (QED) is 0.377. The maximum Gasteiger partial charge on any atom is 0.218 e. The van der Waals surface area contributed by atoms with Crippen LogP contribution in [0.5, 0.6) is 5.88 Å². The molecular weight excluding hydrogens is 437 g/mol. The lowest BCUT2D eigenvalue weighted by atomic mass is 10.3. The number of nitrogens with one attached hydrogen (secondary N) is 2. The molecular formula is C16H24IN5OS. The summed E-state index contributed by atoms with van der Waals surface area (Å²) < 4.78 is 5.25. The number of pyridine rings is 1. The van der Waals surface area contributed by atoms with E-state index < -0.39 is 0 Å². The number of halogens is 1. The molecule has 0 saturated carbocycles. The van der Waals surface area contributed by atoms with E-state index in [0.29, 0.717) is 12.4 Å². The monoisotopic (exact) mass is 461 g/mol. The molecule has 2 aromatic rings. The second kappa shape index (κ2) is 11.2. The van der Waals surface area contributed by atoms with Gasteiger partial charge in [-0.3, -0.25) is 0 Å². The number of aryl methyl sites for hydroxylation is 1. The third kappa shape index (κ3) is 6.60. The zero-order valence-electron chi connectivity index (χ0n) is 14.2. The van der Waals surface area contributed by atoms with Crippen molar-refractivity contribution < 1.29 is 4.74 Å². The number of ether oxygens (including phenoxy) is 1. The first-order chi connectivity index (χ1) is 11.2. The van der Waals surface area contributed by atoms with Crippen LogP contribution in [0.25, 0.3) is 0 Å². The van der Waals surface area contributed by atoms with Gasteiger partial charge in [0.1, 0.15) is 0 Å². The van der Waals surface area contributed by atoms with E-state index in [0.717, 1.165) is 36.0 Å². The smallest absolute Gasteiger partial charge is 0.218 e. The van der Waals surface area contributed by atoms with Gasteiger partial charge in [-0.25, -0.2) is 15.0 Å². The molecule has 0 radical (unpaired) electrons. The minimum Gasteiger partial charge on any atom is -0.481 e. The summed E-state index contributed by atoms with van der Waals surface area (Å²) in [6.45, 7) is 6.24. The van der Waals surface area contributed by atoms with E-state index in [9.17, 15) is 0 Å². The molecule has 6 nitrogen and oxygen atoms in total. The third-order valence-corrected chi connectivity index (χ3v) is 4.07. The summed E-state index contributed by atoms with van der Waals surface area (Å²) in [4.78, 5) is 14.4. The molecule has 0 aliphatic heterocycles. The van der Waals surface area contributed by atoms with Crippen LogP contribution in [0.15, 0.2) is 29.5 Å². The number of nitrogens with zero attached hydrogens (tertiary/aromatic N) is 3. The number of aromatic nitrogens is 2. The van der Waals surface area contributed by atoms with Crippen LogP contribution in [0, 0.1) is 6.92 Å². The lowest BCUT2D eigenvalue weighted by Gasteiger charge is -2.11. The first kappa shape index (κ1) is 20.6. The van der Waals surface area contributed by atoms with Crippen LogP contribution >= 0.6 is 35.3 Å². The van der Waals surface area contributed by atoms with Gasteiger partial charge < -0.3 is 15.4 Å². The molecule has 24 heavy (non-hydrogen) atoms. The Hall–Kier alpha value is -1.42. The predicted molar refractivity (Wildman–Crippen MR) is 110 cm³/mol. The molecule has 0 atom stereocenters. The first-order valence-corrected chi connectivity index (χ1v) is 8.46. The first-order valence-electron chi connectivity index (χ1n) is 7.64. The second-order valence-electron chi connectivity index (χ2n) is 4.91. The average molecular weight is 461 g/mol. The van der Waals surface area contributed by atoms with E-state index in [4.69, 9.17) is 4.74 Å². The molecule has 0 aromatic carbocycles. The van der Waals surface area contributed by atoms with E-state index in [1.165, 1.54) is 4.88 Å². The summed E-state index contributed by atoms with van der Waals surface area (Å²) in [5.41, 5.74) is 0.961. The molecule has 2 N–H and O–H groups in total. The van der Waals surface area contributed by atoms with Crippen molar-refractivity contribution in [2.75, 3.05) is 20.2 Å². The zero-order valence-corrected chi connectivity index (χ0v) is 17.4. The lowest BCUT2D eigenvalue weighted by Crippen LogP contribution is -2.38. The van der Waals surface area contributed by atoms with Gasteiger partial charge in [-0.15, -0.1) is 35.3 Å². The fourth-order valence-electron chi connectivity index (χ4n) is 2.04. The Balaban J connectivity index is 0.00000288. The largest absolute Gasteiger partial charge is 0.481 e. The molecule has 2 aromatic heterocycles. The fourth-order valence-corrected chi connectivity index (χ4v) is 2.83. The molecule has 0 unspecified atom stereocenters. The van der Waals surface area contributed by atoms with E-state index >= 15 is 0 Å². The van der Waals surface area contributed by atoms with Gasteiger partial charge in [-0.05, 0) is 19.9 Å². The summed E-state index contributed by atoms with van der Waals surface area (Å²) in [5, 5.41) is 7.71. The van der Waals surface area contributed by atoms with Crippen molar-refractivity contribution >= 4 is 41.3 Å². The Morgan fingerprint density at radius 3 is 2.83 bits per heavy atom. The van der Waals surface area contributed by atoms with E-state index in [2.05, 4.69) is 32.5 Å².